The van der Waals surface area contributed by atoms with Gasteiger partial charge >= 0.3 is 5.97 Å². The average Bonchev–Trinajstić information content (AvgIpc) is 2.44. The molecule has 0 amide bonds. The molecule has 0 aliphatic heterocycles. The van der Waals surface area contributed by atoms with Crippen LogP contribution < -0.4 is 4.74 Å². The molecule has 0 aromatic heterocycles. The second-order valence-electron chi connectivity index (χ2n) is 3.86. The largest absolute Gasteiger partial charge is 0.421 e. The predicted molar refractivity (Wildman–Crippen MR) is 79.5 cm³/mol. The van der Waals surface area contributed by atoms with Crippen LogP contribution in [-0.2, 0) is 0 Å². The summed E-state index contributed by atoms with van der Waals surface area (Å²) in [4.78, 5) is 22.1. The van der Waals surface area contributed by atoms with Crippen molar-refractivity contribution in [2.24, 2.45) is 0 Å². The first-order valence-electron chi connectivity index (χ1n) is 5.50. The number of esters is 1. The van der Waals surface area contributed by atoms with E-state index in [0.717, 1.165) is 6.07 Å². The zero-order valence-electron chi connectivity index (χ0n) is 10.2. The van der Waals surface area contributed by atoms with Crippen molar-refractivity contribution in [1.82, 2.24) is 0 Å². The van der Waals surface area contributed by atoms with Crippen LogP contribution in [0.5, 0.6) is 5.75 Å². The van der Waals surface area contributed by atoms with Gasteiger partial charge in [-0.3, -0.25) is 10.1 Å². The van der Waals surface area contributed by atoms with Gasteiger partial charge in [-0.1, -0.05) is 40.9 Å². The number of rotatable bonds is 3. The number of nitro benzene ring substituents is 1. The van der Waals surface area contributed by atoms with Gasteiger partial charge in [0.05, 0.1) is 20.5 Å². The molecule has 5 nitrogen and oxygen atoms in total. The van der Waals surface area contributed by atoms with E-state index in [1.54, 1.807) is 6.07 Å². The molecule has 0 N–H and O–H groups in total. The van der Waals surface area contributed by atoms with Crippen LogP contribution in [0.4, 0.5) is 5.69 Å². The number of nitro groups is 1. The first-order valence-corrected chi connectivity index (χ1v) is 6.63. The van der Waals surface area contributed by atoms with Crippen LogP contribution in [0.2, 0.25) is 15.1 Å². The highest BCUT2D eigenvalue weighted by molar-refractivity contribution is 6.43. The van der Waals surface area contributed by atoms with Crippen LogP contribution in [-0.4, -0.2) is 10.9 Å². The third-order valence-corrected chi connectivity index (χ3v) is 3.63. The summed E-state index contributed by atoms with van der Waals surface area (Å²) in [6.07, 6.45) is 0. The van der Waals surface area contributed by atoms with Gasteiger partial charge < -0.3 is 4.74 Å². The van der Waals surface area contributed by atoms with Crippen LogP contribution in [0, 0.1) is 10.1 Å². The SMILES string of the molecule is O=C(Oc1cccc(Cl)c1Cl)c1cc([N+](=O)[O-])ccc1Cl. The third kappa shape index (κ3) is 3.44. The van der Waals surface area contributed by atoms with E-state index in [4.69, 9.17) is 39.5 Å². The predicted octanol–water partition coefficient (Wildman–Crippen LogP) is 4.77. The summed E-state index contributed by atoms with van der Waals surface area (Å²) in [5.41, 5.74) is -0.412. The first-order chi connectivity index (χ1) is 9.90. The van der Waals surface area contributed by atoms with Crippen molar-refractivity contribution < 1.29 is 14.5 Å². The average molecular weight is 347 g/mol. The Kier molecular flexibility index (Phi) is 4.67. The number of carbonyl (C=O) groups is 1. The van der Waals surface area contributed by atoms with E-state index in [1.807, 2.05) is 0 Å². The van der Waals surface area contributed by atoms with E-state index < -0.39 is 10.9 Å². The van der Waals surface area contributed by atoms with Crippen LogP contribution >= 0.6 is 34.8 Å². The van der Waals surface area contributed by atoms with Crippen LogP contribution in [0.3, 0.4) is 0 Å². The number of ether oxygens (including phenoxy) is 1. The van der Waals surface area contributed by atoms with Crippen molar-refractivity contribution in [2.75, 3.05) is 0 Å². The molecule has 0 radical (unpaired) electrons. The molecule has 0 saturated heterocycles. The number of benzene rings is 2. The van der Waals surface area contributed by atoms with Gasteiger partial charge in [0.2, 0.25) is 0 Å². The molecule has 0 heterocycles. The number of non-ortho nitro benzene ring substituents is 1. The van der Waals surface area contributed by atoms with E-state index >= 15 is 0 Å². The second kappa shape index (κ2) is 6.30. The summed E-state index contributed by atoms with van der Waals surface area (Å²) < 4.78 is 5.07. The fraction of sp³-hybridized carbons (Fsp3) is 0. The highest BCUT2D eigenvalue weighted by Gasteiger charge is 2.19. The molecule has 0 aliphatic carbocycles. The van der Waals surface area contributed by atoms with E-state index in [9.17, 15) is 14.9 Å². The van der Waals surface area contributed by atoms with Crippen LogP contribution in [0.1, 0.15) is 10.4 Å². The molecule has 21 heavy (non-hydrogen) atoms. The molecule has 0 spiro atoms. The molecule has 108 valence electrons. The quantitative estimate of drug-likeness (QED) is 0.347. The lowest BCUT2D eigenvalue weighted by atomic mass is 10.2. The topological polar surface area (TPSA) is 69.4 Å². The van der Waals surface area contributed by atoms with Crippen molar-refractivity contribution >= 4 is 46.5 Å². The summed E-state index contributed by atoms with van der Waals surface area (Å²) in [6.45, 7) is 0. The molecule has 2 aromatic rings. The summed E-state index contributed by atoms with van der Waals surface area (Å²) in [5.74, 6) is -0.829. The van der Waals surface area contributed by atoms with Gasteiger partial charge in [-0.25, -0.2) is 4.79 Å². The molecule has 8 heteroatoms. The van der Waals surface area contributed by atoms with Gasteiger partial charge in [0.1, 0.15) is 5.02 Å². The number of carbonyl (C=O) groups excluding carboxylic acids is 1. The Morgan fingerprint density at radius 2 is 1.81 bits per heavy atom. The third-order valence-electron chi connectivity index (χ3n) is 2.50. The monoisotopic (exact) mass is 345 g/mol. The zero-order chi connectivity index (χ0) is 15.6. The molecular formula is C13H6Cl3NO4. The normalized spacial score (nSPS) is 10.2. The maximum atomic E-state index is 12.0. The van der Waals surface area contributed by atoms with E-state index in [1.165, 1.54) is 24.3 Å². The number of halogens is 3. The van der Waals surface area contributed by atoms with Gasteiger partial charge in [0.15, 0.2) is 5.75 Å². The summed E-state index contributed by atoms with van der Waals surface area (Å²) in [6, 6.07) is 7.98. The zero-order valence-corrected chi connectivity index (χ0v) is 12.4. The molecule has 2 aromatic carbocycles. The van der Waals surface area contributed by atoms with E-state index in [2.05, 4.69) is 0 Å². The standard InChI is InChI=1S/C13H6Cl3NO4/c14-9-5-4-7(17(19)20)6-8(9)13(18)21-11-3-1-2-10(15)12(11)16/h1-6H. The minimum atomic E-state index is -0.868. The van der Waals surface area contributed by atoms with Crippen molar-refractivity contribution in [1.29, 1.82) is 0 Å². The Morgan fingerprint density at radius 1 is 1.10 bits per heavy atom. The molecule has 0 atom stereocenters. The molecule has 2 rings (SSSR count). The number of hydrogen-bond acceptors (Lipinski definition) is 4. The van der Waals surface area contributed by atoms with Gasteiger partial charge in [0.25, 0.3) is 5.69 Å². The lowest BCUT2D eigenvalue weighted by Crippen LogP contribution is -2.10. The Hall–Kier alpha value is -1.82. The van der Waals surface area contributed by atoms with Crippen molar-refractivity contribution in [3.8, 4) is 5.75 Å². The van der Waals surface area contributed by atoms with Gasteiger partial charge in [-0.2, -0.15) is 0 Å². The molecule has 0 bridgehead atoms. The smallest absolute Gasteiger partial charge is 0.345 e. The molecule has 0 unspecified atom stereocenters. The highest BCUT2D eigenvalue weighted by Crippen LogP contribution is 2.32. The Balaban J connectivity index is 2.34. The fourth-order valence-electron chi connectivity index (χ4n) is 1.50. The molecule has 0 fully saturated rings. The minimum absolute atomic E-state index is 0.0313. The number of nitrogens with zero attached hydrogens (tertiary/aromatic N) is 1. The molecule has 0 saturated carbocycles. The molecular weight excluding hydrogens is 341 g/mol. The first kappa shape index (κ1) is 15.6. The van der Waals surface area contributed by atoms with Crippen molar-refractivity contribution in [2.45, 2.75) is 0 Å². The Bertz CT molecular complexity index is 733. The minimum Gasteiger partial charge on any atom is -0.421 e. The van der Waals surface area contributed by atoms with E-state index in [0.29, 0.717) is 0 Å². The summed E-state index contributed by atoms with van der Waals surface area (Å²) in [5, 5.41) is 11.0. The maximum Gasteiger partial charge on any atom is 0.345 e. The van der Waals surface area contributed by atoms with Crippen LogP contribution in [0.25, 0.3) is 0 Å². The van der Waals surface area contributed by atoms with Gasteiger partial charge in [-0.15, -0.1) is 0 Å². The van der Waals surface area contributed by atoms with E-state index in [-0.39, 0.29) is 32.1 Å². The van der Waals surface area contributed by atoms with Gasteiger partial charge in [-0.05, 0) is 18.2 Å². The fourth-order valence-corrected chi connectivity index (χ4v) is 2.03. The second-order valence-corrected chi connectivity index (χ2v) is 5.06. The van der Waals surface area contributed by atoms with Crippen molar-refractivity contribution in [3.63, 3.8) is 0 Å². The maximum absolute atomic E-state index is 12.0. The Labute approximate surface area is 134 Å². The Morgan fingerprint density at radius 3 is 2.48 bits per heavy atom. The van der Waals surface area contributed by atoms with Crippen molar-refractivity contribution in [3.05, 3.63) is 67.1 Å². The lowest BCUT2D eigenvalue weighted by molar-refractivity contribution is -0.384. The van der Waals surface area contributed by atoms with Gasteiger partial charge in [0, 0.05) is 12.1 Å². The summed E-state index contributed by atoms with van der Waals surface area (Å²) >= 11 is 17.5. The lowest BCUT2D eigenvalue weighted by Gasteiger charge is -2.08. The molecule has 0 aliphatic rings. The highest BCUT2D eigenvalue weighted by atomic mass is 35.5. The van der Waals surface area contributed by atoms with Crippen LogP contribution in [0.15, 0.2) is 36.4 Å². The number of hydrogen-bond donors (Lipinski definition) is 0. The summed E-state index contributed by atoms with van der Waals surface area (Å²) in [7, 11) is 0.